The molecule has 1 N–H and O–H groups in total. The van der Waals surface area contributed by atoms with Crippen molar-refractivity contribution in [2.24, 2.45) is 0 Å². The number of rotatable bonds is 5. The van der Waals surface area contributed by atoms with Crippen LogP contribution in [0.1, 0.15) is 33.1 Å². The van der Waals surface area contributed by atoms with Gasteiger partial charge in [-0.05, 0) is 31.9 Å². The van der Waals surface area contributed by atoms with Crippen LogP contribution in [0.2, 0.25) is 0 Å². The molecular weight excluding hydrogens is 242 g/mol. The van der Waals surface area contributed by atoms with Gasteiger partial charge in [0.05, 0.1) is 0 Å². The van der Waals surface area contributed by atoms with Gasteiger partial charge in [-0.1, -0.05) is 19.1 Å². The molecule has 4 heteroatoms. The number of amides is 1. The molecule has 0 unspecified atom stereocenters. The Hall–Kier alpha value is -1.71. The van der Waals surface area contributed by atoms with Crippen LogP contribution in [-0.2, 0) is 4.79 Å². The highest BCUT2D eigenvalue weighted by molar-refractivity contribution is 5.76. The maximum absolute atomic E-state index is 11.7. The van der Waals surface area contributed by atoms with Crippen molar-refractivity contribution in [1.29, 1.82) is 0 Å². The van der Waals surface area contributed by atoms with Gasteiger partial charge in [-0.15, -0.1) is 0 Å². The quantitative estimate of drug-likeness (QED) is 0.888. The molecule has 0 radical (unpaired) electrons. The SMILES string of the molecule is CC[C@H](C)NC(=O)CC[C@H]1COc2ccccc2O1. The number of fused-ring (bicyclic) bond motifs is 1. The fraction of sp³-hybridized carbons (Fsp3) is 0.533. The lowest BCUT2D eigenvalue weighted by molar-refractivity contribution is -0.122. The van der Waals surface area contributed by atoms with E-state index in [1.807, 2.05) is 31.2 Å². The van der Waals surface area contributed by atoms with Crippen molar-refractivity contribution < 1.29 is 14.3 Å². The highest BCUT2D eigenvalue weighted by Gasteiger charge is 2.21. The molecule has 1 aliphatic heterocycles. The number of hydrogen-bond donors (Lipinski definition) is 1. The van der Waals surface area contributed by atoms with Crippen LogP contribution in [0, 0.1) is 0 Å². The van der Waals surface area contributed by atoms with E-state index in [0.29, 0.717) is 19.4 Å². The first-order valence-corrected chi connectivity index (χ1v) is 6.87. The van der Waals surface area contributed by atoms with Gasteiger partial charge in [0.1, 0.15) is 12.7 Å². The number of nitrogens with one attached hydrogen (secondary N) is 1. The summed E-state index contributed by atoms with van der Waals surface area (Å²) in [6, 6.07) is 7.85. The summed E-state index contributed by atoms with van der Waals surface area (Å²) in [5, 5.41) is 2.95. The zero-order chi connectivity index (χ0) is 13.7. The lowest BCUT2D eigenvalue weighted by Crippen LogP contribution is -2.34. The number of carbonyl (C=O) groups excluding carboxylic acids is 1. The summed E-state index contributed by atoms with van der Waals surface area (Å²) in [6.07, 6.45) is 2.05. The normalized spacial score (nSPS) is 18.7. The average molecular weight is 263 g/mol. The van der Waals surface area contributed by atoms with Crippen LogP contribution in [0.25, 0.3) is 0 Å². The second-order valence-corrected chi connectivity index (χ2v) is 4.91. The molecule has 1 heterocycles. The van der Waals surface area contributed by atoms with Crippen LogP contribution in [-0.4, -0.2) is 24.7 Å². The van der Waals surface area contributed by atoms with Gasteiger partial charge in [0, 0.05) is 12.5 Å². The number of para-hydroxylation sites is 2. The number of ether oxygens (including phenoxy) is 2. The molecule has 0 saturated heterocycles. The van der Waals surface area contributed by atoms with E-state index in [4.69, 9.17) is 9.47 Å². The minimum Gasteiger partial charge on any atom is -0.486 e. The Morgan fingerprint density at radius 2 is 2.16 bits per heavy atom. The molecular formula is C15H21NO3. The third-order valence-electron chi connectivity index (χ3n) is 3.28. The van der Waals surface area contributed by atoms with Crippen LogP contribution in [0.15, 0.2) is 24.3 Å². The zero-order valence-electron chi connectivity index (χ0n) is 11.5. The van der Waals surface area contributed by atoms with Crippen LogP contribution in [0.5, 0.6) is 11.5 Å². The minimum atomic E-state index is -0.0439. The smallest absolute Gasteiger partial charge is 0.220 e. The van der Waals surface area contributed by atoms with Crippen molar-refractivity contribution in [3.05, 3.63) is 24.3 Å². The molecule has 0 spiro atoms. The summed E-state index contributed by atoms with van der Waals surface area (Å²) in [7, 11) is 0. The molecule has 1 amide bonds. The molecule has 0 saturated carbocycles. The Bertz CT molecular complexity index is 433. The van der Waals surface area contributed by atoms with E-state index in [0.717, 1.165) is 17.9 Å². The van der Waals surface area contributed by atoms with Gasteiger partial charge in [0.15, 0.2) is 11.5 Å². The van der Waals surface area contributed by atoms with E-state index in [-0.39, 0.29) is 18.1 Å². The Morgan fingerprint density at radius 1 is 1.42 bits per heavy atom. The first kappa shape index (κ1) is 13.7. The third kappa shape index (κ3) is 3.88. The topological polar surface area (TPSA) is 47.6 Å². The molecule has 19 heavy (non-hydrogen) atoms. The summed E-state index contributed by atoms with van der Waals surface area (Å²) in [6.45, 7) is 4.57. The lowest BCUT2D eigenvalue weighted by atomic mass is 10.1. The van der Waals surface area contributed by atoms with Gasteiger partial charge >= 0.3 is 0 Å². The summed E-state index contributed by atoms with van der Waals surface area (Å²) in [4.78, 5) is 11.7. The summed E-state index contributed by atoms with van der Waals surface area (Å²) in [5.41, 5.74) is 0. The zero-order valence-corrected chi connectivity index (χ0v) is 11.5. The van der Waals surface area contributed by atoms with Crippen molar-refractivity contribution >= 4 is 5.91 Å². The maximum Gasteiger partial charge on any atom is 0.220 e. The van der Waals surface area contributed by atoms with Crippen LogP contribution in [0.3, 0.4) is 0 Å². The summed E-state index contributed by atoms with van der Waals surface area (Å²) in [5.74, 6) is 1.63. The predicted molar refractivity (Wildman–Crippen MR) is 73.5 cm³/mol. The molecule has 1 aromatic rings. The first-order valence-electron chi connectivity index (χ1n) is 6.87. The monoisotopic (exact) mass is 263 g/mol. The molecule has 0 fully saturated rings. The summed E-state index contributed by atoms with van der Waals surface area (Å²) >= 11 is 0. The number of benzene rings is 1. The van der Waals surface area contributed by atoms with Crippen molar-refractivity contribution in [2.45, 2.75) is 45.3 Å². The molecule has 2 rings (SSSR count). The molecule has 1 aromatic carbocycles. The predicted octanol–water partition coefficient (Wildman–Crippen LogP) is 2.52. The Labute approximate surface area is 114 Å². The van der Waals surface area contributed by atoms with E-state index in [2.05, 4.69) is 12.2 Å². The van der Waals surface area contributed by atoms with Crippen molar-refractivity contribution in [1.82, 2.24) is 5.32 Å². The molecule has 0 aliphatic carbocycles. The number of hydrogen-bond acceptors (Lipinski definition) is 3. The third-order valence-corrected chi connectivity index (χ3v) is 3.28. The van der Waals surface area contributed by atoms with E-state index < -0.39 is 0 Å². The van der Waals surface area contributed by atoms with E-state index in [1.54, 1.807) is 0 Å². The molecule has 2 atom stereocenters. The largest absolute Gasteiger partial charge is 0.486 e. The standard InChI is InChI=1S/C15H21NO3/c1-3-11(2)16-15(17)9-8-12-10-18-13-6-4-5-7-14(13)19-12/h4-7,11-12H,3,8-10H2,1-2H3,(H,16,17)/t11-,12-/m0/s1. The van der Waals surface area contributed by atoms with Gasteiger partial charge in [-0.3, -0.25) is 4.79 Å². The van der Waals surface area contributed by atoms with Crippen LogP contribution >= 0.6 is 0 Å². The van der Waals surface area contributed by atoms with Crippen molar-refractivity contribution in [3.63, 3.8) is 0 Å². The first-order chi connectivity index (χ1) is 9.19. The molecule has 0 aromatic heterocycles. The fourth-order valence-electron chi connectivity index (χ4n) is 1.95. The van der Waals surface area contributed by atoms with Gasteiger partial charge in [-0.2, -0.15) is 0 Å². The van der Waals surface area contributed by atoms with Gasteiger partial charge in [-0.25, -0.2) is 0 Å². The molecule has 4 nitrogen and oxygen atoms in total. The summed E-state index contributed by atoms with van der Waals surface area (Å²) < 4.78 is 11.4. The average Bonchev–Trinajstić information content (AvgIpc) is 2.44. The van der Waals surface area contributed by atoms with Crippen molar-refractivity contribution in [2.75, 3.05) is 6.61 Å². The highest BCUT2D eigenvalue weighted by Crippen LogP contribution is 2.31. The maximum atomic E-state index is 11.7. The highest BCUT2D eigenvalue weighted by atomic mass is 16.6. The molecule has 104 valence electrons. The second-order valence-electron chi connectivity index (χ2n) is 4.91. The molecule has 0 bridgehead atoms. The number of carbonyl (C=O) groups is 1. The Kier molecular flexibility index (Phi) is 4.66. The van der Waals surface area contributed by atoms with E-state index in [9.17, 15) is 4.79 Å². The minimum absolute atomic E-state index is 0.0439. The second kappa shape index (κ2) is 6.45. The van der Waals surface area contributed by atoms with E-state index >= 15 is 0 Å². The van der Waals surface area contributed by atoms with Gasteiger partial charge in [0.25, 0.3) is 0 Å². The van der Waals surface area contributed by atoms with Gasteiger partial charge in [0.2, 0.25) is 5.91 Å². The van der Waals surface area contributed by atoms with Crippen LogP contribution in [0.4, 0.5) is 0 Å². The van der Waals surface area contributed by atoms with Crippen molar-refractivity contribution in [3.8, 4) is 11.5 Å². The Morgan fingerprint density at radius 3 is 2.89 bits per heavy atom. The van der Waals surface area contributed by atoms with E-state index in [1.165, 1.54) is 0 Å². The van der Waals surface area contributed by atoms with Crippen LogP contribution < -0.4 is 14.8 Å². The Balaban J connectivity index is 1.78. The lowest BCUT2D eigenvalue weighted by Gasteiger charge is -2.26. The fourth-order valence-corrected chi connectivity index (χ4v) is 1.95. The molecule has 1 aliphatic rings. The van der Waals surface area contributed by atoms with Gasteiger partial charge < -0.3 is 14.8 Å².